The van der Waals surface area contributed by atoms with Crippen molar-refractivity contribution in [3.8, 4) is 0 Å². The highest BCUT2D eigenvalue weighted by atomic mass is 19.4. The summed E-state index contributed by atoms with van der Waals surface area (Å²) >= 11 is 0. The number of nitrogens with zero attached hydrogens (tertiary/aromatic N) is 2. The van der Waals surface area contributed by atoms with Gasteiger partial charge in [-0.15, -0.1) is 0 Å². The van der Waals surface area contributed by atoms with Crippen LogP contribution >= 0.6 is 0 Å². The van der Waals surface area contributed by atoms with E-state index in [-0.39, 0.29) is 18.2 Å². The Morgan fingerprint density at radius 2 is 1.96 bits per heavy atom. The topological polar surface area (TPSA) is 55.6 Å². The molecule has 5 nitrogen and oxygen atoms in total. The molecule has 134 valence electrons. The minimum Gasteiger partial charge on any atom is -0.461 e. The molecule has 0 amide bonds. The maximum Gasteiger partial charge on any atom is 0.401 e. The molecule has 0 spiro atoms. The zero-order valence-electron chi connectivity index (χ0n) is 13.4. The molecule has 0 unspecified atom stereocenters. The van der Waals surface area contributed by atoms with E-state index in [0.29, 0.717) is 25.9 Å². The number of carbonyl (C=O) groups excluding carboxylic acids is 1. The van der Waals surface area contributed by atoms with Gasteiger partial charge in [0.2, 0.25) is 0 Å². The third-order valence-corrected chi connectivity index (χ3v) is 4.70. The first-order chi connectivity index (χ1) is 11.4. The third-order valence-electron chi connectivity index (χ3n) is 4.70. The predicted molar refractivity (Wildman–Crippen MR) is 78.6 cm³/mol. The van der Waals surface area contributed by atoms with Gasteiger partial charge in [-0.25, -0.2) is 4.79 Å². The van der Waals surface area contributed by atoms with Crippen LogP contribution in [-0.4, -0.2) is 48.4 Å². The van der Waals surface area contributed by atoms with Crippen molar-refractivity contribution < 1.29 is 27.2 Å². The number of alkyl halides is 3. The van der Waals surface area contributed by atoms with Crippen molar-refractivity contribution in [1.82, 2.24) is 10.1 Å². The van der Waals surface area contributed by atoms with E-state index in [9.17, 15) is 18.0 Å². The van der Waals surface area contributed by atoms with Gasteiger partial charge in [0.05, 0.1) is 13.2 Å². The maximum absolute atomic E-state index is 12.4. The van der Waals surface area contributed by atoms with Crippen LogP contribution in [0.5, 0.6) is 0 Å². The number of fused-ring (bicyclic) bond motifs is 1. The van der Waals surface area contributed by atoms with Gasteiger partial charge in [0.15, 0.2) is 5.69 Å². The smallest absolute Gasteiger partial charge is 0.401 e. The first-order valence-corrected chi connectivity index (χ1v) is 8.36. The standard InChI is InChI=1S/C16H21F3N2O3/c17-16(18,19)10-21-7-5-11(6-8-21)9-23-15(22)14-12-3-1-2-4-13(12)24-20-14/h11H,1-10H2. The zero-order chi connectivity index (χ0) is 17.2. The Balaban J connectivity index is 1.45. The molecule has 2 heterocycles. The van der Waals surface area contributed by atoms with E-state index in [1.54, 1.807) is 0 Å². The van der Waals surface area contributed by atoms with E-state index >= 15 is 0 Å². The van der Waals surface area contributed by atoms with E-state index in [4.69, 9.17) is 9.26 Å². The van der Waals surface area contributed by atoms with Gasteiger partial charge in [0.1, 0.15) is 5.76 Å². The normalized spacial score (nSPS) is 20.0. The average molecular weight is 346 g/mol. The number of hydrogen-bond acceptors (Lipinski definition) is 5. The summed E-state index contributed by atoms with van der Waals surface area (Å²) in [5.74, 6) is 0.384. The summed E-state index contributed by atoms with van der Waals surface area (Å²) < 4.78 is 47.6. The van der Waals surface area contributed by atoms with Crippen LogP contribution < -0.4 is 0 Å². The Labute approximate surface area is 138 Å². The number of esters is 1. The van der Waals surface area contributed by atoms with Gasteiger partial charge in [-0.05, 0) is 51.1 Å². The molecule has 0 atom stereocenters. The number of halogens is 3. The molecule has 1 aliphatic heterocycles. The number of carbonyl (C=O) groups is 1. The third kappa shape index (κ3) is 4.28. The Bertz CT molecular complexity index is 578. The quantitative estimate of drug-likeness (QED) is 0.785. The zero-order valence-corrected chi connectivity index (χ0v) is 13.4. The predicted octanol–water partition coefficient (Wildman–Crippen LogP) is 2.98. The Morgan fingerprint density at radius 1 is 1.25 bits per heavy atom. The van der Waals surface area contributed by atoms with Crippen molar-refractivity contribution in [2.75, 3.05) is 26.2 Å². The Kier molecular flexibility index (Phi) is 5.12. The fourth-order valence-corrected chi connectivity index (χ4v) is 3.37. The summed E-state index contributed by atoms with van der Waals surface area (Å²) in [6, 6.07) is 0. The summed E-state index contributed by atoms with van der Waals surface area (Å²) in [4.78, 5) is 13.6. The molecule has 1 aromatic heterocycles. The Hall–Kier alpha value is -1.57. The molecule has 2 aliphatic rings. The second-order valence-corrected chi connectivity index (χ2v) is 6.57. The highest BCUT2D eigenvalue weighted by Gasteiger charge is 2.33. The lowest BCUT2D eigenvalue weighted by atomic mass is 9.96. The van der Waals surface area contributed by atoms with Gasteiger partial charge in [0.25, 0.3) is 0 Å². The highest BCUT2D eigenvalue weighted by molar-refractivity contribution is 5.89. The molecule has 1 aromatic rings. The van der Waals surface area contributed by atoms with Gasteiger partial charge in [0, 0.05) is 12.0 Å². The van der Waals surface area contributed by atoms with Gasteiger partial charge in [-0.2, -0.15) is 13.2 Å². The second kappa shape index (κ2) is 7.13. The van der Waals surface area contributed by atoms with Crippen molar-refractivity contribution in [2.24, 2.45) is 5.92 Å². The Morgan fingerprint density at radius 3 is 2.67 bits per heavy atom. The number of likely N-dealkylation sites (tertiary alicyclic amines) is 1. The van der Waals surface area contributed by atoms with E-state index < -0.39 is 18.7 Å². The van der Waals surface area contributed by atoms with Crippen LogP contribution in [-0.2, 0) is 17.6 Å². The number of aryl methyl sites for hydroxylation is 1. The first-order valence-electron chi connectivity index (χ1n) is 8.36. The minimum absolute atomic E-state index is 0.0983. The van der Waals surface area contributed by atoms with E-state index in [2.05, 4.69) is 5.16 Å². The van der Waals surface area contributed by atoms with Crippen LogP contribution in [0, 0.1) is 5.92 Å². The maximum atomic E-state index is 12.4. The lowest BCUT2D eigenvalue weighted by Gasteiger charge is -2.31. The summed E-state index contributed by atoms with van der Waals surface area (Å²) in [6.07, 6.45) is 0.650. The van der Waals surface area contributed by atoms with Crippen molar-refractivity contribution in [2.45, 2.75) is 44.7 Å². The van der Waals surface area contributed by atoms with Crippen LogP contribution in [0.15, 0.2) is 4.52 Å². The van der Waals surface area contributed by atoms with Crippen LogP contribution in [0.1, 0.15) is 47.5 Å². The molecule has 1 fully saturated rings. The van der Waals surface area contributed by atoms with Gasteiger partial charge in [-0.3, -0.25) is 4.90 Å². The van der Waals surface area contributed by atoms with Crippen LogP contribution in [0.4, 0.5) is 13.2 Å². The molecule has 3 rings (SSSR count). The van der Waals surface area contributed by atoms with Gasteiger partial charge >= 0.3 is 12.1 Å². The molecule has 1 saturated heterocycles. The van der Waals surface area contributed by atoms with Crippen LogP contribution in [0.25, 0.3) is 0 Å². The average Bonchev–Trinajstić information content (AvgIpc) is 2.96. The monoisotopic (exact) mass is 346 g/mol. The van der Waals surface area contributed by atoms with Crippen molar-refractivity contribution in [3.63, 3.8) is 0 Å². The number of piperidine rings is 1. The lowest BCUT2D eigenvalue weighted by molar-refractivity contribution is -0.148. The number of rotatable bonds is 4. The molecule has 0 aromatic carbocycles. The molecule has 8 heteroatoms. The molecule has 24 heavy (non-hydrogen) atoms. The van der Waals surface area contributed by atoms with E-state index in [1.807, 2.05) is 0 Å². The molecule has 1 aliphatic carbocycles. The second-order valence-electron chi connectivity index (χ2n) is 6.57. The fraction of sp³-hybridized carbons (Fsp3) is 0.750. The van der Waals surface area contributed by atoms with Gasteiger partial charge < -0.3 is 9.26 Å². The van der Waals surface area contributed by atoms with Gasteiger partial charge in [-0.1, -0.05) is 5.16 Å². The summed E-state index contributed by atoms with van der Waals surface area (Å²) in [6.45, 7) is 0.104. The van der Waals surface area contributed by atoms with E-state index in [0.717, 1.165) is 37.0 Å². The van der Waals surface area contributed by atoms with Crippen molar-refractivity contribution in [1.29, 1.82) is 0 Å². The molecule has 0 saturated carbocycles. The van der Waals surface area contributed by atoms with Crippen LogP contribution in [0.3, 0.4) is 0 Å². The van der Waals surface area contributed by atoms with Crippen molar-refractivity contribution >= 4 is 5.97 Å². The fourth-order valence-electron chi connectivity index (χ4n) is 3.37. The molecule has 0 bridgehead atoms. The summed E-state index contributed by atoms with van der Waals surface area (Å²) in [5.41, 5.74) is 1.12. The van der Waals surface area contributed by atoms with Crippen LogP contribution in [0.2, 0.25) is 0 Å². The van der Waals surface area contributed by atoms with Crippen molar-refractivity contribution in [3.05, 3.63) is 17.0 Å². The summed E-state index contributed by atoms with van der Waals surface area (Å²) in [7, 11) is 0. The summed E-state index contributed by atoms with van der Waals surface area (Å²) in [5, 5.41) is 3.83. The SMILES string of the molecule is O=C(OCC1CCN(CC(F)(F)F)CC1)c1noc2c1CCCC2. The molecular weight excluding hydrogens is 325 g/mol. The number of aromatic nitrogens is 1. The molecule has 0 radical (unpaired) electrons. The molecule has 0 N–H and O–H groups in total. The largest absolute Gasteiger partial charge is 0.461 e. The minimum atomic E-state index is -4.16. The van der Waals surface area contributed by atoms with E-state index in [1.165, 1.54) is 4.90 Å². The number of ether oxygens (including phenoxy) is 1. The molecular formula is C16H21F3N2O3. The lowest BCUT2D eigenvalue weighted by Crippen LogP contribution is -2.40. The number of hydrogen-bond donors (Lipinski definition) is 0. The first kappa shape index (κ1) is 17.3. The highest BCUT2D eigenvalue weighted by Crippen LogP contribution is 2.26.